The van der Waals surface area contributed by atoms with E-state index in [0.29, 0.717) is 5.69 Å². The number of carboxylic acid groups (broad SMARTS) is 1. The standard InChI is InChI=1S/C15H11NO2/c1-2-11-6-5-7-12(10-11)16-14-9-4-3-8-13(14)15(17)18/h1,3-10,16H,(H,17,18). The van der Waals surface area contributed by atoms with Crippen molar-refractivity contribution in [3.8, 4) is 12.3 Å². The lowest BCUT2D eigenvalue weighted by Gasteiger charge is -2.09. The molecule has 88 valence electrons. The number of carboxylic acids is 1. The summed E-state index contributed by atoms with van der Waals surface area (Å²) in [6.07, 6.45) is 5.32. The fraction of sp³-hybridized carbons (Fsp3) is 0. The Balaban J connectivity index is 2.34. The van der Waals surface area contributed by atoms with Crippen LogP contribution >= 0.6 is 0 Å². The van der Waals surface area contributed by atoms with Crippen molar-refractivity contribution in [2.75, 3.05) is 5.32 Å². The predicted molar refractivity (Wildman–Crippen MR) is 71.1 cm³/mol. The third-order valence-corrected chi connectivity index (χ3v) is 2.47. The maximum atomic E-state index is 11.1. The minimum Gasteiger partial charge on any atom is -0.478 e. The molecule has 0 aliphatic rings. The summed E-state index contributed by atoms with van der Waals surface area (Å²) in [5, 5.41) is 12.1. The molecule has 3 nitrogen and oxygen atoms in total. The van der Waals surface area contributed by atoms with Crippen molar-refractivity contribution < 1.29 is 9.90 Å². The Morgan fingerprint density at radius 1 is 1.17 bits per heavy atom. The summed E-state index contributed by atoms with van der Waals surface area (Å²) in [4.78, 5) is 11.1. The van der Waals surface area contributed by atoms with Gasteiger partial charge in [-0.2, -0.15) is 0 Å². The first-order chi connectivity index (χ1) is 8.70. The monoisotopic (exact) mass is 237 g/mol. The lowest BCUT2D eigenvalue weighted by Crippen LogP contribution is -2.02. The van der Waals surface area contributed by atoms with Crippen LogP contribution in [0.1, 0.15) is 15.9 Å². The third kappa shape index (κ3) is 2.50. The average Bonchev–Trinajstić information content (AvgIpc) is 2.39. The van der Waals surface area contributed by atoms with Crippen LogP contribution in [0.4, 0.5) is 11.4 Å². The molecule has 0 saturated carbocycles. The number of benzene rings is 2. The smallest absolute Gasteiger partial charge is 0.337 e. The highest BCUT2D eigenvalue weighted by atomic mass is 16.4. The van der Waals surface area contributed by atoms with E-state index in [1.54, 1.807) is 30.3 Å². The second-order valence-corrected chi connectivity index (χ2v) is 3.70. The van der Waals surface area contributed by atoms with Gasteiger partial charge in [-0.1, -0.05) is 24.1 Å². The molecule has 0 aromatic heterocycles. The molecule has 3 heteroatoms. The number of carbonyl (C=O) groups is 1. The Bertz CT molecular complexity index is 626. The van der Waals surface area contributed by atoms with Gasteiger partial charge in [0.25, 0.3) is 0 Å². The van der Waals surface area contributed by atoms with Gasteiger partial charge in [-0.15, -0.1) is 6.42 Å². The molecular weight excluding hydrogens is 226 g/mol. The Kier molecular flexibility index (Phi) is 3.31. The van der Waals surface area contributed by atoms with Crippen LogP contribution in [0.3, 0.4) is 0 Å². The molecule has 0 amide bonds. The molecule has 0 spiro atoms. The van der Waals surface area contributed by atoms with Crippen molar-refractivity contribution in [3.05, 3.63) is 59.7 Å². The average molecular weight is 237 g/mol. The van der Waals surface area contributed by atoms with Crippen molar-refractivity contribution >= 4 is 17.3 Å². The molecule has 0 aliphatic carbocycles. The number of rotatable bonds is 3. The van der Waals surface area contributed by atoms with Gasteiger partial charge in [0.1, 0.15) is 0 Å². The van der Waals surface area contributed by atoms with E-state index in [1.807, 2.05) is 18.2 Å². The fourth-order valence-corrected chi connectivity index (χ4v) is 1.62. The molecule has 2 aromatic carbocycles. The van der Waals surface area contributed by atoms with E-state index in [9.17, 15) is 4.79 Å². The zero-order chi connectivity index (χ0) is 13.0. The van der Waals surface area contributed by atoms with Crippen LogP contribution in [0.5, 0.6) is 0 Å². The lowest BCUT2D eigenvalue weighted by molar-refractivity contribution is 0.0698. The van der Waals surface area contributed by atoms with Gasteiger partial charge in [0.15, 0.2) is 0 Å². The number of hydrogen-bond acceptors (Lipinski definition) is 2. The van der Waals surface area contributed by atoms with Crippen LogP contribution in [0, 0.1) is 12.3 Å². The van der Waals surface area contributed by atoms with Crippen molar-refractivity contribution in [2.45, 2.75) is 0 Å². The number of terminal acetylenes is 1. The summed E-state index contributed by atoms with van der Waals surface area (Å²) >= 11 is 0. The summed E-state index contributed by atoms with van der Waals surface area (Å²) in [6.45, 7) is 0. The maximum Gasteiger partial charge on any atom is 0.337 e. The molecule has 0 aliphatic heterocycles. The number of anilines is 2. The molecule has 0 radical (unpaired) electrons. The van der Waals surface area contributed by atoms with Crippen molar-refractivity contribution in [1.82, 2.24) is 0 Å². The van der Waals surface area contributed by atoms with E-state index in [2.05, 4.69) is 11.2 Å². The molecule has 0 bridgehead atoms. The van der Waals surface area contributed by atoms with Gasteiger partial charge >= 0.3 is 5.97 Å². The third-order valence-electron chi connectivity index (χ3n) is 2.47. The molecule has 0 saturated heterocycles. The van der Waals surface area contributed by atoms with E-state index in [-0.39, 0.29) is 5.56 Å². The van der Waals surface area contributed by atoms with Gasteiger partial charge < -0.3 is 10.4 Å². The lowest BCUT2D eigenvalue weighted by atomic mass is 10.1. The molecule has 0 atom stereocenters. The van der Waals surface area contributed by atoms with E-state index in [0.717, 1.165) is 11.3 Å². The summed E-state index contributed by atoms with van der Waals surface area (Å²) in [5.41, 5.74) is 2.27. The van der Waals surface area contributed by atoms with E-state index >= 15 is 0 Å². The summed E-state index contributed by atoms with van der Waals surface area (Å²) in [5.74, 6) is 1.57. The van der Waals surface area contributed by atoms with Gasteiger partial charge in [0.05, 0.1) is 11.3 Å². The quantitative estimate of drug-likeness (QED) is 0.806. The first-order valence-corrected chi connectivity index (χ1v) is 5.37. The first kappa shape index (κ1) is 11.7. The molecular formula is C15H11NO2. The molecule has 0 fully saturated rings. The molecule has 0 heterocycles. The zero-order valence-electron chi connectivity index (χ0n) is 9.55. The van der Waals surface area contributed by atoms with Crippen LogP contribution in [0.2, 0.25) is 0 Å². The highest BCUT2D eigenvalue weighted by Gasteiger charge is 2.08. The second kappa shape index (κ2) is 5.07. The topological polar surface area (TPSA) is 49.3 Å². The Morgan fingerprint density at radius 3 is 2.67 bits per heavy atom. The normalized spacial score (nSPS) is 9.50. The molecule has 18 heavy (non-hydrogen) atoms. The number of nitrogens with one attached hydrogen (secondary N) is 1. The summed E-state index contributed by atoms with van der Waals surface area (Å²) < 4.78 is 0. The predicted octanol–water partition coefficient (Wildman–Crippen LogP) is 3.11. The largest absolute Gasteiger partial charge is 0.478 e. The minimum atomic E-state index is -0.966. The van der Waals surface area contributed by atoms with Crippen molar-refractivity contribution in [2.24, 2.45) is 0 Å². The highest BCUT2D eigenvalue weighted by molar-refractivity contribution is 5.95. The van der Waals surface area contributed by atoms with Crippen LogP contribution in [-0.2, 0) is 0 Å². The summed E-state index contributed by atoms with van der Waals surface area (Å²) in [7, 11) is 0. The van der Waals surface area contributed by atoms with Crippen LogP contribution in [0.15, 0.2) is 48.5 Å². The number of hydrogen-bond donors (Lipinski definition) is 2. The molecule has 2 rings (SSSR count). The molecule has 2 N–H and O–H groups in total. The van der Waals surface area contributed by atoms with Crippen molar-refractivity contribution in [1.29, 1.82) is 0 Å². The second-order valence-electron chi connectivity index (χ2n) is 3.70. The maximum absolute atomic E-state index is 11.1. The van der Waals surface area contributed by atoms with Crippen LogP contribution < -0.4 is 5.32 Å². The van der Waals surface area contributed by atoms with Gasteiger partial charge in [0, 0.05) is 11.3 Å². The van der Waals surface area contributed by atoms with Gasteiger partial charge in [0.2, 0.25) is 0 Å². The van der Waals surface area contributed by atoms with E-state index in [4.69, 9.17) is 11.5 Å². The van der Waals surface area contributed by atoms with Gasteiger partial charge in [-0.05, 0) is 30.3 Å². The van der Waals surface area contributed by atoms with Crippen LogP contribution in [0.25, 0.3) is 0 Å². The zero-order valence-corrected chi connectivity index (χ0v) is 9.55. The highest BCUT2D eigenvalue weighted by Crippen LogP contribution is 2.21. The SMILES string of the molecule is C#Cc1cccc(Nc2ccccc2C(=O)O)c1. The fourth-order valence-electron chi connectivity index (χ4n) is 1.62. The summed E-state index contributed by atoms with van der Waals surface area (Å²) in [6, 6.07) is 14.0. The Hall–Kier alpha value is -2.73. The number of para-hydroxylation sites is 1. The van der Waals surface area contributed by atoms with Crippen LogP contribution in [-0.4, -0.2) is 11.1 Å². The number of aromatic carboxylic acids is 1. The van der Waals surface area contributed by atoms with Gasteiger partial charge in [-0.3, -0.25) is 0 Å². The Labute approximate surface area is 105 Å². The van der Waals surface area contributed by atoms with Crippen molar-refractivity contribution in [3.63, 3.8) is 0 Å². The first-order valence-electron chi connectivity index (χ1n) is 5.37. The molecule has 0 unspecified atom stereocenters. The Morgan fingerprint density at radius 2 is 1.94 bits per heavy atom. The van der Waals surface area contributed by atoms with Gasteiger partial charge in [-0.25, -0.2) is 4.79 Å². The minimum absolute atomic E-state index is 0.226. The van der Waals surface area contributed by atoms with E-state index in [1.165, 1.54) is 0 Å². The molecule has 2 aromatic rings. The van der Waals surface area contributed by atoms with E-state index < -0.39 is 5.97 Å².